The number of aromatic nitrogens is 4. The molecule has 2 heterocycles. The Balaban J connectivity index is 1.72. The molecule has 0 fully saturated rings. The average Bonchev–Trinajstić information content (AvgIpc) is 3.11. The van der Waals surface area contributed by atoms with E-state index in [2.05, 4.69) is 36.4 Å². The Morgan fingerprint density at radius 2 is 1.94 bits per heavy atom. The Kier molecular flexibility index (Phi) is 5.95. The summed E-state index contributed by atoms with van der Waals surface area (Å²) in [6.45, 7) is 0.368. The van der Waals surface area contributed by atoms with Crippen molar-refractivity contribution >= 4 is 44.9 Å². The van der Waals surface area contributed by atoms with Crippen LogP contribution < -0.4 is 21.6 Å². The lowest BCUT2D eigenvalue weighted by atomic mass is 10.2. The fraction of sp³-hybridized carbons (Fsp3) is 0.182. The molecule has 0 aliphatic carbocycles. The number of hydrogen-bond acceptors (Lipinski definition) is 6. The minimum atomic E-state index is -0.523. The largest absolute Gasteiger partial charge is 0.378 e. The summed E-state index contributed by atoms with van der Waals surface area (Å²) in [5, 5.41) is 4.30. The molecule has 164 valence electrons. The number of hydrogen-bond donors (Lipinski definition) is 2. The van der Waals surface area contributed by atoms with Gasteiger partial charge in [0.25, 0.3) is 5.56 Å². The normalized spacial score (nSPS) is 11.4. The van der Waals surface area contributed by atoms with Crippen LogP contribution in [0.2, 0.25) is 0 Å². The number of anilines is 2. The lowest BCUT2D eigenvalue weighted by molar-refractivity contribution is 0.808. The highest BCUT2D eigenvalue weighted by molar-refractivity contribution is 9.10. The number of fused-ring (bicyclic) bond motifs is 1. The SMILES string of the molecule is CN(C)c1ccc(C=NNc2nc3c(c(=O)[nH]c(=O)n3C)n2Cc2cccc(Br)c2)cc1. The molecule has 0 aliphatic heterocycles. The second-order valence-corrected chi connectivity index (χ2v) is 8.41. The summed E-state index contributed by atoms with van der Waals surface area (Å²) in [6.07, 6.45) is 1.67. The average molecular weight is 496 g/mol. The first-order chi connectivity index (χ1) is 15.3. The van der Waals surface area contributed by atoms with Crippen molar-refractivity contribution in [2.24, 2.45) is 12.1 Å². The molecule has 0 spiro atoms. The zero-order chi connectivity index (χ0) is 22.8. The highest BCUT2D eigenvalue weighted by atomic mass is 79.9. The molecule has 0 saturated carbocycles. The highest BCUT2D eigenvalue weighted by Gasteiger charge is 2.17. The van der Waals surface area contributed by atoms with Gasteiger partial charge in [-0.05, 0) is 35.4 Å². The topological polar surface area (TPSA) is 100 Å². The molecule has 32 heavy (non-hydrogen) atoms. The molecule has 0 saturated heterocycles. The van der Waals surface area contributed by atoms with Gasteiger partial charge in [0, 0.05) is 31.3 Å². The number of rotatable bonds is 6. The van der Waals surface area contributed by atoms with Gasteiger partial charge in [0.05, 0.1) is 12.8 Å². The van der Waals surface area contributed by atoms with Gasteiger partial charge in [0.15, 0.2) is 11.2 Å². The molecule has 9 nitrogen and oxygen atoms in total. The van der Waals surface area contributed by atoms with Gasteiger partial charge in [-0.15, -0.1) is 0 Å². The van der Waals surface area contributed by atoms with Crippen molar-refractivity contribution < 1.29 is 0 Å². The van der Waals surface area contributed by atoms with Gasteiger partial charge in [-0.3, -0.25) is 18.9 Å². The van der Waals surface area contributed by atoms with E-state index in [0.29, 0.717) is 18.0 Å². The van der Waals surface area contributed by atoms with Crippen LogP contribution in [0.25, 0.3) is 11.2 Å². The minimum absolute atomic E-state index is 0.279. The fourth-order valence-corrected chi connectivity index (χ4v) is 3.76. The third kappa shape index (κ3) is 4.35. The fourth-order valence-electron chi connectivity index (χ4n) is 3.31. The maximum absolute atomic E-state index is 12.6. The van der Waals surface area contributed by atoms with Crippen molar-refractivity contribution in [3.63, 3.8) is 0 Å². The van der Waals surface area contributed by atoms with Crippen molar-refractivity contribution in [2.45, 2.75) is 6.54 Å². The van der Waals surface area contributed by atoms with Gasteiger partial charge in [0.1, 0.15) is 0 Å². The molecule has 0 bridgehead atoms. The molecule has 0 amide bonds. The number of nitrogens with zero attached hydrogens (tertiary/aromatic N) is 5. The zero-order valence-corrected chi connectivity index (χ0v) is 19.4. The van der Waals surface area contributed by atoms with E-state index < -0.39 is 11.2 Å². The molecule has 4 aromatic rings. The van der Waals surface area contributed by atoms with Gasteiger partial charge >= 0.3 is 5.69 Å². The molecular weight excluding hydrogens is 474 g/mol. The lowest BCUT2D eigenvalue weighted by Gasteiger charge is -2.11. The Morgan fingerprint density at radius 1 is 1.19 bits per heavy atom. The van der Waals surface area contributed by atoms with Crippen molar-refractivity contribution in [2.75, 3.05) is 24.4 Å². The van der Waals surface area contributed by atoms with Crippen LogP contribution in [0.4, 0.5) is 11.6 Å². The minimum Gasteiger partial charge on any atom is -0.378 e. The van der Waals surface area contributed by atoms with Crippen molar-refractivity contribution in [3.05, 3.63) is 85.0 Å². The smallest absolute Gasteiger partial charge is 0.329 e. The molecule has 0 atom stereocenters. The maximum Gasteiger partial charge on any atom is 0.329 e. The number of nitrogens with one attached hydrogen (secondary N) is 2. The summed E-state index contributed by atoms with van der Waals surface area (Å²) in [4.78, 5) is 33.5. The van der Waals surface area contributed by atoms with E-state index in [1.807, 2.05) is 67.5 Å². The first kappa shape index (κ1) is 21.6. The van der Waals surface area contributed by atoms with Crippen LogP contribution in [-0.2, 0) is 13.6 Å². The van der Waals surface area contributed by atoms with E-state index in [-0.39, 0.29) is 5.65 Å². The second-order valence-electron chi connectivity index (χ2n) is 7.50. The van der Waals surface area contributed by atoms with Gasteiger partial charge in [-0.25, -0.2) is 10.2 Å². The number of halogens is 1. The van der Waals surface area contributed by atoms with Crippen molar-refractivity contribution in [3.8, 4) is 0 Å². The zero-order valence-electron chi connectivity index (χ0n) is 17.8. The molecule has 2 aromatic heterocycles. The van der Waals surface area contributed by atoms with Crippen molar-refractivity contribution in [1.82, 2.24) is 19.1 Å². The monoisotopic (exact) mass is 495 g/mol. The molecule has 10 heteroatoms. The van der Waals surface area contributed by atoms with E-state index in [0.717, 1.165) is 21.3 Å². The standard InChI is InChI=1S/C22H22BrN7O2/c1-28(2)17-9-7-14(8-10-17)12-24-27-21-25-19-18(20(31)26-22(32)29(19)3)30(21)13-15-5-4-6-16(23)11-15/h4-12H,13H2,1-3H3,(H,25,27)(H,26,31,32). The first-order valence-electron chi connectivity index (χ1n) is 9.84. The van der Waals surface area contributed by atoms with Crippen LogP contribution in [0.3, 0.4) is 0 Å². The summed E-state index contributed by atoms with van der Waals surface area (Å²) in [5.74, 6) is 0.354. The van der Waals surface area contributed by atoms with Crippen LogP contribution in [-0.4, -0.2) is 39.4 Å². The number of aromatic amines is 1. The summed E-state index contributed by atoms with van der Waals surface area (Å²) in [7, 11) is 5.53. The van der Waals surface area contributed by atoms with Gasteiger partial charge in [-0.1, -0.05) is 40.2 Å². The summed E-state index contributed by atoms with van der Waals surface area (Å²) in [5.41, 5.74) is 5.43. The molecule has 2 aromatic carbocycles. The van der Waals surface area contributed by atoms with Crippen LogP contribution in [0.5, 0.6) is 0 Å². The Labute approximate surface area is 192 Å². The summed E-state index contributed by atoms with van der Waals surface area (Å²) >= 11 is 3.47. The van der Waals surface area contributed by atoms with Crippen LogP contribution in [0.15, 0.2) is 67.7 Å². The Hall–Kier alpha value is -3.66. The molecule has 2 N–H and O–H groups in total. The van der Waals surface area contributed by atoms with E-state index in [1.165, 1.54) is 4.57 Å². The predicted octanol–water partition coefficient (Wildman–Crippen LogP) is 2.75. The van der Waals surface area contributed by atoms with Gasteiger partial charge in [-0.2, -0.15) is 10.1 Å². The van der Waals surface area contributed by atoms with Crippen LogP contribution in [0.1, 0.15) is 11.1 Å². The molecule has 4 rings (SSSR count). The van der Waals surface area contributed by atoms with Gasteiger partial charge in [0.2, 0.25) is 5.95 Å². The first-order valence-corrected chi connectivity index (χ1v) is 10.6. The summed E-state index contributed by atoms with van der Waals surface area (Å²) < 4.78 is 3.94. The number of hydrazone groups is 1. The quantitative estimate of drug-likeness (QED) is 0.316. The van der Waals surface area contributed by atoms with Gasteiger partial charge < -0.3 is 4.90 Å². The number of imidazole rings is 1. The molecular formula is C22H22BrN7O2. The van der Waals surface area contributed by atoms with E-state index >= 15 is 0 Å². The van der Waals surface area contributed by atoms with E-state index in [4.69, 9.17) is 0 Å². The molecule has 0 radical (unpaired) electrons. The van der Waals surface area contributed by atoms with E-state index in [1.54, 1.807) is 17.8 Å². The third-order valence-electron chi connectivity index (χ3n) is 5.02. The van der Waals surface area contributed by atoms with Crippen LogP contribution >= 0.6 is 15.9 Å². The highest BCUT2D eigenvalue weighted by Crippen LogP contribution is 2.20. The molecule has 0 aliphatic rings. The van der Waals surface area contributed by atoms with Crippen LogP contribution in [0, 0.1) is 0 Å². The maximum atomic E-state index is 12.6. The third-order valence-corrected chi connectivity index (χ3v) is 5.52. The lowest BCUT2D eigenvalue weighted by Crippen LogP contribution is -2.29. The Bertz CT molecular complexity index is 1420. The predicted molar refractivity (Wildman–Crippen MR) is 131 cm³/mol. The summed E-state index contributed by atoms with van der Waals surface area (Å²) in [6, 6.07) is 15.7. The number of H-pyrrole nitrogens is 1. The van der Waals surface area contributed by atoms with Crippen molar-refractivity contribution in [1.29, 1.82) is 0 Å². The second kappa shape index (κ2) is 8.83. The Morgan fingerprint density at radius 3 is 2.62 bits per heavy atom. The number of aryl methyl sites for hydroxylation is 1. The van der Waals surface area contributed by atoms with E-state index in [9.17, 15) is 9.59 Å². The number of benzene rings is 2. The molecule has 0 unspecified atom stereocenters.